The molecule has 0 fully saturated rings. The van der Waals surface area contributed by atoms with Crippen LogP contribution in [0.5, 0.6) is 0 Å². The molecule has 1 unspecified atom stereocenters. The van der Waals surface area contributed by atoms with Crippen LogP contribution in [0.1, 0.15) is 37.2 Å². The molecule has 1 aromatic heterocycles. The predicted octanol–water partition coefficient (Wildman–Crippen LogP) is 3.56. The van der Waals surface area contributed by atoms with E-state index in [1.807, 2.05) is 6.92 Å². The lowest BCUT2D eigenvalue weighted by atomic mass is 10.00. The molecule has 1 aliphatic rings. The highest BCUT2D eigenvalue weighted by atomic mass is 15.2. The number of aryl methyl sites for hydroxylation is 1. The lowest BCUT2D eigenvalue weighted by Crippen LogP contribution is -2.31. The Balaban J connectivity index is 1.83. The molecule has 3 rings (SSSR count). The third kappa shape index (κ3) is 3.21. The van der Waals surface area contributed by atoms with E-state index >= 15 is 0 Å². The van der Waals surface area contributed by atoms with E-state index in [1.165, 1.54) is 11.1 Å². The van der Waals surface area contributed by atoms with Gasteiger partial charge in [0.1, 0.15) is 17.5 Å². The summed E-state index contributed by atoms with van der Waals surface area (Å²) >= 11 is 0. The second-order valence-corrected chi connectivity index (χ2v) is 6.05. The Labute approximate surface area is 132 Å². The van der Waals surface area contributed by atoms with Gasteiger partial charge in [-0.1, -0.05) is 31.2 Å². The molecule has 0 bridgehead atoms. The molecule has 116 valence electrons. The van der Waals surface area contributed by atoms with Gasteiger partial charge in [0.15, 0.2) is 0 Å². The van der Waals surface area contributed by atoms with Crippen molar-refractivity contribution < 1.29 is 0 Å². The van der Waals surface area contributed by atoms with Crippen molar-refractivity contribution in [2.45, 2.75) is 46.2 Å². The van der Waals surface area contributed by atoms with E-state index in [-0.39, 0.29) is 0 Å². The summed E-state index contributed by atoms with van der Waals surface area (Å²) in [6, 6.07) is 11.2. The zero-order chi connectivity index (χ0) is 15.5. The molecule has 1 aliphatic heterocycles. The Kier molecular flexibility index (Phi) is 4.27. The van der Waals surface area contributed by atoms with Gasteiger partial charge < -0.3 is 10.2 Å². The third-order valence-electron chi connectivity index (χ3n) is 4.29. The fourth-order valence-electron chi connectivity index (χ4n) is 2.83. The summed E-state index contributed by atoms with van der Waals surface area (Å²) < 4.78 is 0. The fraction of sp³-hybridized carbons (Fsp3) is 0.444. The Morgan fingerprint density at radius 2 is 2.00 bits per heavy atom. The van der Waals surface area contributed by atoms with Gasteiger partial charge in [-0.2, -0.15) is 0 Å². The van der Waals surface area contributed by atoms with Crippen LogP contribution in [0.4, 0.5) is 11.6 Å². The topological polar surface area (TPSA) is 41.0 Å². The van der Waals surface area contributed by atoms with Gasteiger partial charge in [-0.15, -0.1) is 0 Å². The Bertz CT molecular complexity index is 653. The maximum absolute atomic E-state index is 4.64. The second-order valence-electron chi connectivity index (χ2n) is 6.05. The van der Waals surface area contributed by atoms with Crippen LogP contribution in [0.2, 0.25) is 0 Å². The van der Waals surface area contributed by atoms with Gasteiger partial charge in [0, 0.05) is 25.2 Å². The molecule has 2 aromatic rings. The van der Waals surface area contributed by atoms with Gasteiger partial charge in [-0.25, -0.2) is 9.97 Å². The van der Waals surface area contributed by atoms with E-state index in [1.54, 1.807) is 0 Å². The first kappa shape index (κ1) is 14.8. The highest BCUT2D eigenvalue weighted by Gasteiger charge is 2.18. The molecule has 0 saturated carbocycles. The fourth-order valence-corrected chi connectivity index (χ4v) is 2.83. The van der Waals surface area contributed by atoms with Crippen molar-refractivity contribution in [1.82, 2.24) is 9.97 Å². The minimum atomic E-state index is 0.421. The first-order valence-corrected chi connectivity index (χ1v) is 8.09. The number of nitrogens with zero attached hydrogens (tertiary/aromatic N) is 3. The Hall–Kier alpha value is -2.10. The molecular weight excluding hydrogens is 272 g/mol. The number of rotatable bonds is 4. The van der Waals surface area contributed by atoms with Crippen molar-refractivity contribution in [1.29, 1.82) is 0 Å². The number of nitrogens with one attached hydrogen (secondary N) is 1. The third-order valence-corrected chi connectivity index (χ3v) is 4.29. The number of hydrogen-bond donors (Lipinski definition) is 1. The normalized spacial score (nSPS) is 15.3. The van der Waals surface area contributed by atoms with Gasteiger partial charge in [0.25, 0.3) is 0 Å². The van der Waals surface area contributed by atoms with Crippen LogP contribution < -0.4 is 10.2 Å². The minimum Gasteiger partial charge on any atom is -0.367 e. The van der Waals surface area contributed by atoms with Gasteiger partial charge in [-0.05, 0) is 37.8 Å². The first-order chi connectivity index (χ1) is 10.7. The maximum atomic E-state index is 4.64. The molecule has 1 atom stereocenters. The summed E-state index contributed by atoms with van der Waals surface area (Å²) in [6.45, 7) is 8.25. The van der Waals surface area contributed by atoms with E-state index < -0.39 is 0 Å². The number of anilines is 2. The summed E-state index contributed by atoms with van der Waals surface area (Å²) in [4.78, 5) is 11.5. The van der Waals surface area contributed by atoms with Crippen LogP contribution in [0.25, 0.3) is 0 Å². The van der Waals surface area contributed by atoms with Crippen LogP contribution in [-0.2, 0) is 13.0 Å². The Morgan fingerprint density at radius 3 is 2.77 bits per heavy atom. The second kappa shape index (κ2) is 6.34. The van der Waals surface area contributed by atoms with Crippen LogP contribution in [0.15, 0.2) is 30.3 Å². The van der Waals surface area contributed by atoms with Gasteiger partial charge in [0.2, 0.25) is 0 Å². The molecule has 0 saturated heterocycles. The smallest absolute Gasteiger partial charge is 0.134 e. The number of hydrogen-bond acceptors (Lipinski definition) is 4. The molecule has 22 heavy (non-hydrogen) atoms. The molecule has 0 radical (unpaired) electrons. The first-order valence-electron chi connectivity index (χ1n) is 8.09. The molecule has 0 aliphatic carbocycles. The molecule has 0 spiro atoms. The van der Waals surface area contributed by atoms with Gasteiger partial charge in [-0.3, -0.25) is 0 Å². The van der Waals surface area contributed by atoms with Crippen molar-refractivity contribution in [3.8, 4) is 0 Å². The molecule has 2 heterocycles. The predicted molar refractivity (Wildman–Crippen MR) is 91.3 cm³/mol. The summed E-state index contributed by atoms with van der Waals surface area (Å²) in [5.74, 6) is 2.77. The summed E-state index contributed by atoms with van der Waals surface area (Å²) in [5, 5.41) is 3.45. The van der Waals surface area contributed by atoms with E-state index in [4.69, 9.17) is 0 Å². The van der Waals surface area contributed by atoms with E-state index in [0.29, 0.717) is 6.04 Å². The van der Waals surface area contributed by atoms with Crippen LogP contribution in [0.3, 0.4) is 0 Å². The quantitative estimate of drug-likeness (QED) is 0.936. The molecule has 1 aromatic carbocycles. The standard InChI is InChI=1S/C18H24N4/c1-4-13(2)19-17-11-18(21-14(3)20-17)22-10-9-15-7-5-6-8-16(15)12-22/h5-8,11,13H,4,9-10,12H2,1-3H3,(H,19,20,21). The number of aromatic nitrogens is 2. The lowest BCUT2D eigenvalue weighted by Gasteiger charge is -2.30. The summed E-state index contributed by atoms with van der Waals surface area (Å²) in [7, 11) is 0. The zero-order valence-electron chi connectivity index (χ0n) is 13.6. The molecule has 4 heteroatoms. The van der Waals surface area contributed by atoms with Crippen LogP contribution in [0, 0.1) is 6.92 Å². The highest BCUT2D eigenvalue weighted by Crippen LogP contribution is 2.24. The van der Waals surface area contributed by atoms with Crippen molar-refractivity contribution in [3.05, 3.63) is 47.3 Å². The average molecular weight is 296 g/mol. The van der Waals surface area contributed by atoms with Gasteiger partial charge >= 0.3 is 0 Å². The highest BCUT2D eigenvalue weighted by molar-refractivity contribution is 5.51. The summed E-state index contributed by atoms with van der Waals surface area (Å²) in [6.07, 6.45) is 2.16. The SMILES string of the molecule is CCC(C)Nc1cc(N2CCc3ccccc3C2)nc(C)n1. The van der Waals surface area contributed by atoms with Crippen molar-refractivity contribution >= 4 is 11.6 Å². The molecule has 4 nitrogen and oxygen atoms in total. The molecule has 1 N–H and O–H groups in total. The lowest BCUT2D eigenvalue weighted by molar-refractivity contribution is 0.714. The minimum absolute atomic E-state index is 0.421. The number of benzene rings is 1. The van der Waals surface area contributed by atoms with E-state index in [2.05, 4.69) is 64.4 Å². The van der Waals surface area contributed by atoms with Crippen molar-refractivity contribution in [3.63, 3.8) is 0 Å². The zero-order valence-corrected chi connectivity index (χ0v) is 13.6. The van der Waals surface area contributed by atoms with E-state index in [9.17, 15) is 0 Å². The molecular formula is C18H24N4. The average Bonchev–Trinajstić information content (AvgIpc) is 2.53. The van der Waals surface area contributed by atoms with Crippen molar-refractivity contribution in [2.24, 2.45) is 0 Å². The Morgan fingerprint density at radius 1 is 1.23 bits per heavy atom. The maximum Gasteiger partial charge on any atom is 0.134 e. The van der Waals surface area contributed by atoms with Crippen molar-refractivity contribution in [2.75, 3.05) is 16.8 Å². The van der Waals surface area contributed by atoms with Gasteiger partial charge in [0.05, 0.1) is 0 Å². The van der Waals surface area contributed by atoms with E-state index in [0.717, 1.165) is 43.4 Å². The summed E-state index contributed by atoms with van der Waals surface area (Å²) in [5.41, 5.74) is 2.86. The van der Waals surface area contributed by atoms with Crippen LogP contribution >= 0.6 is 0 Å². The number of fused-ring (bicyclic) bond motifs is 1. The van der Waals surface area contributed by atoms with Crippen LogP contribution in [-0.4, -0.2) is 22.6 Å². The monoisotopic (exact) mass is 296 g/mol. The molecule has 0 amide bonds. The largest absolute Gasteiger partial charge is 0.367 e.